The highest BCUT2D eigenvalue weighted by Crippen LogP contribution is 2.22. The van der Waals surface area contributed by atoms with Crippen LogP contribution >= 0.6 is 0 Å². The molecule has 0 saturated carbocycles. The summed E-state index contributed by atoms with van der Waals surface area (Å²) in [5.41, 5.74) is 4.43. The molecule has 0 spiro atoms. The quantitative estimate of drug-likeness (QED) is 0.741. The fourth-order valence-electron chi connectivity index (χ4n) is 2.58. The van der Waals surface area contributed by atoms with Gasteiger partial charge < -0.3 is 10.4 Å². The van der Waals surface area contributed by atoms with E-state index in [1.807, 2.05) is 0 Å². The van der Waals surface area contributed by atoms with Gasteiger partial charge in [-0.1, -0.05) is 25.1 Å². The molecule has 1 aliphatic rings. The van der Waals surface area contributed by atoms with Crippen molar-refractivity contribution in [2.24, 2.45) is 5.92 Å². The molecule has 0 aliphatic heterocycles. The SMILES string of the molecule is CC(CCNCCc1ccc2c(c1)CCC2)C(=O)O. The van der Waals surface area contributed by atoms with Crippen molar-refractivity contribution >= 4 is 5.97 Å². The Kier molecular flexibility index (Phi) is 4.97. The molecular weight excluding hydrogens is 238 g/mol. The van der Waals surface area contributed by atoms with Gasteiger partial charge in [-0.25, -0.2) is 0 Å². The molecule has 0 saturated heterocycles. The fraction of sp³-hybridized carbons (Fsp3) is 0.562. The Labute approximate surface area is 115 Å². The van der Waals surface area contributed by atoms with Crippen molar-refractivity contribution in [2.75, 3.05) is 13.1 Å². The molecule has 0 fully saturated rings. The van der Waals surface area contributed by atoms with Crippen LogP contribution in [-0.2, 0) is 24.1 Å². The number of carbonyl (C=O) groups is 1. The topological polar surface area (TPSA) is 49.3 Å². The number of benzene rings is 1. The average molecular weight is 261 g/mol. The molecule has 0 bridgehead atoms. The minimum Gasteiger partial charge on any atom is -0.481 e. The van der Waals surface area contributed by atoms with E-state index in [4.69, 9.17) is 5.11 Å². The van der Waals surface area contributed by atoms with E-state index < -0.39 is 5.97 Å². The summed E-state index contributed by atoms with van der Waals surface area (Å²) in [6.07, 6.45) is 5.48. The maximum atomic E-state index is 10.7. The minimum absolute atomic E-state index is 0.257. The van der Waals surface area contributed by atoms with Crippen LogP contribution in [0.15, 0.2) is 18.2 Å². The van der Waals surface area contributed by atoms with Crippen LogP contribution in [0.25, 0.3) is 0 Å². The van der Waals surface area contributed by atoms with E-state index in [1.54, 1.807) is 6.92 Å². The van der Waals surface area contributed by atoms with Crippen LogP contribution in [0.1, 0.15) is 36.5 Å². The molecule has 1 aliphatic carbocycles. The zero-order valence-electron chi connectivity index (χ0n) is 11.6. The highest BCUT2D eigenvalue weighted by Gasteiger charge is 2.11. The molecule has 3 heteroatoms. The zero-order valence-corrected chi connectivity index (χ0v) is 11.6. The summed E-state index contributed by atoms with van der Waals surface area (Å²) in [5, 5.41) is 12.1. The molecule has 2 rings (SSSR count). The van der Waals surface area contributed by atoms with Gasteiger partial charge in [-0.15, -0.1) is 0 Å². The second-order valence-electron chi connectivity index (χ2n) is 5.48. The Hall–Kier alpha value is -1.35. The second kappa shape index (κ2) is 6.71. The lowest BCUT2D eigenvalue weighted by Gasteiger charge is -2.08. The molecule has 1 aromatic carbocycles. The monoisotopic (exact) mass is 261 g/mol. The first kappa shape index (κ1) is 14.1. The van der Waals surface area contributed by atoms with Crippen molar-refractivity contribution in [1.29, 1.82) is 0 Å². The van der Waals surface area contributed by atoms with Gasteiger partial charge in [-0.05, 0) is 61.9 Å². The maximum Gasteiger partial charge on any atom is 0.306 e. The summed E-state index contributed by atoms with van der Waals surface area (Å²) in [4.78, 5) is 10.7. The molecule has 0 amide bonds. The molecule has 104 valence electrons. The van der Waals surface area contributed by atoms with E-state index in [-0.39, 0.29) is 5.92 Å². The summed E-state index contributed by atoms with van der Waals surface area (Å²) in [7, 11) is 0. The smallest absolute Gasteiger partial charge is 0.306 e. The molecular formula is C16H23NO2. The highest BCUT2D eigenvalue weighted by molar-refractivity contribution is 5.69. The first-order valence-corrected chi connectivity index (χ1v) is 7.21. The van der Waals surface area contributed by atoms with Gasteiger partial charge >= 0.3 is 5.97 Å². The molecule has 1 unspecified atom stereocenters. The van der Waals surface area contributed by atoms with Gasteiger partial charge in [0, 0.05) is 0 Å². The summed E-state index contributed by atoms with van der Waals surface area (Å²) in [6.45, 7) is 3.45. The van der Waals surface area contributed by atoms with Crippen molar-refractivity contribution in [2.45, 2.75) is 39.0 Å². The van der Waals surface area contributed by atoms with Crippen molar-refractivity contribution in [3.05, 3.63) is 34.9 Å². The third kappa shape index (κ3) is 4.06. The predicted octanol–water partition coefficient (Wildman–Crippen LogP) is 2.42. The average Bonchev–Trinajstić information content (AvgIpc) is 2.85. The third-order valence-electron chi connectivity index (χ3n) is 3.93. The molecule has 2 N–H and O–H groups in total. The highest BCUT2D eigenvalue weighted by atomic mass is 16.4. The van der Waals surface area contributed by atoms with Gasteiger partial charge in [0.05, 0.1) is 5.92 Å². The van der Waals surface area contributed by atoms with E-state index in [0.717, 1.165) is 19.5 Å². The molecule has 3 nitrogen and oxygen atoms in total. The number of hydrogen-bond donors (Lipinski definition) is 2. The van der Waals surface area contributed by atoms with Crippen LogP contribution < -0.4 is 5.32 Å². The molecule has 1 aromatic rings. The van der Waals surface area contributed by atoms with E-state index >= 15 is 0 Å². The van der Waals surface area contributed by atoms with E-state index in [2.05, 4.69) is 23.5 Å². The van der Waals surface area contributed by atoms with Gasteiger partial charge in [-0.3, -0.25) is 4.79 Å². The lowest BCUT2D eigenvalue weighted by Crippen LogP contribution is -2.22. The van der Waals surface area contributed by atoms with Crippen molar-refractivity contribution in [1.82, 2.24) is 5.32 Å². The van der Waals surface area contributed by atoms with Gasteiger partial charge in [-0.2, -0.15) is 0 Å². The number of hydrogen-bond acceptors (Lipinski definition) is 2. The van der Waals surface area contributed by atoms with Crippen LogP contribution in [-0.4, -0.2) is 24.2 Å². The normalized spacial score (nSPS) is 15.2. The summed E-state index contributed by atoms with van der Waals surface area (Å²) in [5.74, 6) is -0.965. The second-order valence-corrected chi connectivity index (χ2v) is 5.48. The van der Waals surface area contributed by atoms with E-state index in [9.17, 15) is 4.79 Å². The first-order valence-electron chi connectivity index (χ1n) is 7.21. The van der Waals surface area contributed by atoms with Crippen molar-refractivity contribution in [3.8, 4) is 0 Å². The Morgan fingerprint density at radius 2 is 2.11 bits per heavy atom. The summed E-state index contributed by atoms with van der Waals surface area (Å²) in [6, 6.07) is 6.83. The Balaban J connectivity index is 1.67. The minimum atomic E-state index is -0.708. The van der Waals surface area contributed by atoms with E-state index in [1.165, 1.54) is 36.0 Å². The third-order valence-corrected chi connectivity index (χ3v) is 3.93. The molecule has 0 radical (unpaired) electrons. The van der Waals surface area contributed by atoms with Gasteiger partial charge in [0.25, 0.3) is 0 Å². The van der Waals surface area contributed by atoms with E-state index in [0.29, 0.717) is 6.42 Å². The zero-order chi connectivity index (χ0) is 13.7. The first-order chi connectivity index (χ1) is 9.16. The number of aryl methyl sites for hydroxylation is 2. The fourth-order valence-corrected chi connectivity index (χ4v) is 2.58. The van der Waals surface area contributed by atoms with Gasteiger partial charge in [0.15, 0.2) is 0 Å². The maximum absolute atomic E-state index is 10.7. The number of rotatable bonds is 7. The lowest BCUT2D eigenvalue weighted by atomic mass is 10.0. The number of fused-ring (bicyclic) bond motifs is 1. The predicted molar refractivity (Wildman–Crippen MR) is 76.5 cm³/mol. The summed E-state index contributed by atoms with van der Waals surface area (Å²) >= 11 is 0. The van der Waals surface area contributed by atoms with Crippen LogP contribution in [0.4, 0.5) is 0 Å². The Morgan fingerprint density at radius 1 is 1.32 bits per heavy atom. The number of nitrogens with one attached hydrogen (secondary N) is 1. The number of aliphatic carboxylic acids is 1. The van der Waals surface area contributed by atoms with Gasteiger partial charge in [0.1, 0.15) is 0 Å². The van der Waals surface area contributed by atoms with Crippen LogP contribution in [0, 0.1) is 5.92 Å². The van der Waals surface area contributed by atoms with Crippen LogP contribution in [0.5, 0.6) is 0 Å². The van der Waals surface area contributed by atoms with Crippen LogP contribution in [0.2, 0.25) is 0 Å². The number of carboxylic acids is 1. The largest absolute Gasteiger partial charge is 0.481 e. The Bertz CT molecular complexity index is 442. The standard InChI is InChI=1S/C16H23NO2/c1-12(16(18)19)7-9-17-10-8-13-5-6-14-3-2-4-15(14)11-13/h5-6,11-12,17H,2-4,7-10H2,1H3,(H,18,19). The molecule has 0 heterocycles. The van der Waals surface area contributed by atoms with Crippen molar-refractivity contribution < 1.29 is 9.90 Å². The molecule has 19 heavy (non-hydrogen) atoms. The number of carboxylic acid groups (broad SMARTS) is 1. The lowest BCUT2D eigenvalue weighted by molar-refractivity contribution is -0.141. The van der Waals surface area contributed by atoms with Crippen LogP contribution in [0.3, 0.4) is 0 Å². The molecule has 1 atom stereocenters. The molecule has 0 aromatic heterocycles. The van der Waals surface area contributed by atoms with Gasteiger partial charge in [0.2, 0.25) is 0 Å². The summed E-state index contributed by atoms with van der Waals surface area (Å²) < 4.78 is 0. The Morgan fingerprint density at radius 3 is 2.89 bits per heavy atom. The van der Waals surface area contributed by atoms with Crippen molar-refractivity contribution in [3.63, 3.8) is 0 Å².